The summed E-state index contributed by atoms with van der Waals surface area (Å²) < 4.78 is 5.45. The molecule has 19 heavy (non-hydrogen) atoms. The quantitative estimate of drug-likeness (QED) is 0.548. The molecule has 2 nitrogen and oxygen atoms in total. The van der Waals surface area contributed by atoms with Crippen LogP contribution >= 0.6 is 0 Å². The Morgan fingerprint density at radius 2 is 2.11 bits per heavy atom. The first-order valence-corrected chi connectivity index (χ1v) is 7.15. The van der Waals surface area contributed by atoms with E-state index in [-0.39, 0.29) is 11.4 Å². The van der Waals surface area contributed by atoms with Gasteiger partial charge in [-0.3, -0.25) is 4.79 Å². The predicted octanol–water partition coefficient (Wildman–Crippen LogP) is 4.25. The third-order valence-electron chi connectivity index (χ3n) is 4.26. The molecule has 0 bridgehead atoms. The molecule has 0 unspecified atom stereocenters. The van der Waals surface area contributed by atoms with Gasteiger partial charge in [-0.1, -0.05) is 45.9 Å². The van der Waals surface area contributed by atoms with Gasteiger partial charge in [0.15, 0.2) is 0 Å². The maximum absolute atomic E-state index is 11.3. The zero-order valence-electron chi connectivity index (χ0n) is 12.6. The Morgan fingerprint density at radius 3 is 2.68 bits per heavy atom. The zero-order chi connectivity index (χ0) is 14.2. The van der Waals surface area contributed by atoms with Gasteiger partial charge in [0.25, 0.3) is 0 Å². The van der Waals surface area contributed by atoms with E-state index in [0.29, 0.717) is 17.8 Å². The molecule has 2 rings (SSSR count). The van der Waals surface area contributed by atoms with E-state index in [0.717, 1.165) is 12.2 Å². The van der Waals surface area contributed by atoms with Crippen molar-refractivity contribution in [3.63, 3.8) is 0 Å². The van der Waals surface area contributed by atoms with E-state index in [1.165, 1.54) is 12.5 Å². The minimum atomic E-state index is -0.236. The lowest BCUT2D eigenvalue weighted by atomic mass is 9.71. The van der Waals surface area contributed by atoms with Crippen LogP contribution in [0.4, 0.5) is 0 Å². The lowest BCUT2D eigenvalue weighted by molar-refractivity contribution is -0.136. The van der Waals surface area contributed by atoms with Gasteiger partial charge in [-0.2, -0.15) is 0 Å². The third-order valence-corrected chi connectivity index (χ3v) is 4.26. The number of fused-ring (bicyclic) bond motifs is 1. The van der Waals surface area contributed by atoms with E-state index < -0.39 is 0 Å². The number of hydrogen-bond acceptors (Lipinski definition) is 2. The molecule has 104 valence electrons. The van der Waals surface area contributed by atoms with E-state index in [1.54, 1.807) is 0 Å². The van der Waals surface area contributed by atoms with Gasteiger partial charge in [0.2, 0.25) is 0 Å². The van der Waals surface area contributed by atoms with Crippen molar-refractivity contribution in [1.29, 1.82) is 0 Å². The van der Waals surface area contributed by atoms with E-state index in [4.69, 9.17) is 4.74 Å². The highest BCUT2D eigenvalue weighted by atomic mass is 16.5. The monoisotopic (exact) mass is 260 g/mol. The molecular weight excluding hydrogens is 236 g/mol. The van der Waals surface area contributed by atoms with Crippen LogP contribution in [0.2, 0.25) is 0 Å². The average molecular weight is 260 g/mol. The highest BCUT2D eigenvalue weighted by molar-refractivity contribution is 5.69. The Kier molecular flexibility index (Phi) is 3.71. The minimum absolute atomic E-state index is 0.0380. The van der Waals surface area contributed by atoms with Crippen LogP contribution in [0.1, 0.15) is 41.0 Å². The Labute approximate surface area is 116 Å². The lowest BCUT2D eigenvalue weighted by Crippen LogP contribution is -2.26. The summed E-state index contributed by atoms with van der Waals surface area (Å²) in [5.41, 5.74) is 1.15. The molecule has 0 aromatic rings. The molecule has 0 heterocycles. The fraction of sp³-hybridized carbons (Fsp3) is 0.588. The molecule has 2 aliphatic carbocycles. The van der Waals surface area contributed by atoms with Crippen molar-refractivity contribution >= 4 is 5.97 Å². The summed E-state index contributed by atoms with van der Waals surface area (Å²) in [6, 6.07) is 0. The van der Waals surface area contributed by atoms with Crippen LogP contribution in [0, 0.1) is 23.2 Å². The molecule has 0 N–H and O–H groups in total. The molecule has 0 fully saturated rings. The second-order valence-corrected chi connectivity index (χ2v) is 6.37. The molecule has 0 amide bonds. The summed E-state index contributed by atoms with van der Waals surface area (Å²) >= 11 is 0. The topological polar surface area (TPSA) is 26.3 Å². The number of allylic oxidation sites excluding steroid dienone is 5. The fourth-order valence-electron chi connectivity index (χ4n) is 3.34. The Balaban J connectivity index is 2.48. The molecule has 0 spiro atoms. The number of esters is 1. The first-order chi connectivity index (χ1) is 8.84. The van der Waals surface area contributed by atoms with Crippen LogP contribution in [0.5, 0.6) is 0 Å². The minimum Gasteiger partial charge on any atom is -0.427 e. The van der Waals surface area contributed by atoms with Gasteiger partial charge >= 0.3 is 5.97 Å². The van der Waals surface area contributed by atoms with Crippen LogP contribution in [0.25, 0.3) is 0 Å². The van der Waals surface area contributed by atoms with E-state index in [1.807, 2.05) is 0 Å². The molecule has 2 heteroatoms. The van der Waals surface area contributed by atoms with Gasteiger partial charge in [0.05, 0.1) is 0 Å². The molecule has 2 aliphatic rings. The van der Waals surface area contributed by atoms with Gasteiger partial charge in [0, 0.05) is 17.9 Å². The number of carbonyl (C=O) groups excluding carboxylic acids is 1. The molecule has 0 aromatic carbocycles. The van der Waals surface area contributed by atoms with E-state index in [2.05, 4.69) is 52.0 Å². The molecule has 0 radical (unpaired) electrons. The Morgan fingerprint density at radius 1 is 1.42 bits per heavy atom. The lowest BCUT2D eigenvalue weighted by Gasteiger charge is -2.32. The second kappa shape index (κ2) is 4.99. The van der Waals surface area contributed by atoms with Gasteiger partial charge in [-0.05, 0) is 30.3 Å². The maximum atomic E-state index is 11.3. The summed E-state index contributed by atoms with van der Waals surface area (Å²) in [4.78, 5) is 11.3. The summed E-state index contributed by atoms with van der Waals surface area (Å²) in [6.45, 7) is 10.4. The van der Waals surface area contributed by atoms with Crippen molar-refractivity contribution < 1.29 is 9.53 Å². The SMILES string of the molecule is CC(=O)OC1=C[C@@H](C(C)C)[C@@]2(C)C=CC[C@@H](C)C=C12. The Bertz CT molecular complexity index is 468. The maximum Gasteiger partial charge on any atom is 0.308 e. The van der Waals surface area contributed by atoms with E-state index >= 15 is 0 Å². The smallest absolute Gasteiger partial charge is 0.308 e. The molecule has 0 aliphatic heterocycles. The Hall–Kier alpha value is -1.31. The normalized spacial score (nSPS) is 33.6. The molecule has 0 saturated carbocycles. The van der Waals surface area contributed by atoms with Crippen LogP contribution in [-0.4, -0.2) is 5.97 Å². The summed E-state index contributed by atoms with van der Waals surface area (Å²) in [5, 5.41) is 0. The van der Waals surface area contributed by atoms with Crippen molar-refractivity contribution in [1.82, 2.24) is 0 Å². The summed E-state index contributed by atoms with van der Waals surface area (Å²) in [7, 11) is 0. The van der Waals surface area contributed by atoms with Crippen LogP contribution < -0.4 is 0 Å². The molecule has 0 saturated heterocycles. The van der Waals surface area contributed by atoms with Gasteiger partial charge in [-0.25, -0.2) is 0 Å². The van der Waals surface area contributed by atoms with Crippen molar-refractivity contribution in [2.45, 2.75) is 41.0 Å². The number of rotatable bonds is 2. The fourth-order valence-corrected chi connectivity index (χ4v) is 3.34. The first-order valence-electron chi connectivity index (χ1n) is 7.15. The van der Waals surface area contributed by atoms with Crippen molar-refractivity contribution in [3.8, 4) is 0 Å². The van der Waals surface area contributed by atoms with Gasteiger partial charge in [0.1, 0.15) is 5.76 Å². The third kappa shape index (κ3) is 2.54. The number of hydrogen-bond donors (Lipinski definition) is 0. The average Bonchev–Trinajstić information content (AvgIpc) is 2.45. The summed E-state index contributed by atoms with van der Waals surface area (Å²) in [6.07, 6.45) is 10.0. The highest BCUT2D eigenvalue weighted by Crippen LogP contribution is 2.52. The molecule has 0 aromatic heterocycles. The number of carbonyl (C=O) groups is 1. The van der Waals surface area contributed by atoms with Crippen LogP contribution in [0.15, 0.2) is 35.6 Å². The second-order valence-electron chi connectivity index (χ2n) is 6.37. The molecular formula is C17H24O2. The van der Waals surface area contributed by atoms with Gasteiger partial charge < -0.3 is 4.74 Å². The zero-order valence-corrected chi connectivity index (χ0v) is 12.6. The van der Waals surface area contributed by atoms with Crippen LogP contribution in [-0.2, 0) is 9.53 Å². The van der Waals surface area contributed by atoms with Crippen LogP contribution in [0.3, 0.4) is 0 Å². The van der Waals surface area contributed by atoms with Gasteiger partial charge in [-0.15, -0.1) is 0 Å². The van der Waals surface area contributed by atoms with Crippen molar-refractivity contribution in [3.05, 3.63) is 35.6 Å². The standard InChI is InChI=1S/C17H24O2/c1-11(2)14-10-16(19-13(4)18)15-9-12(3)7-6-8-17(14,15)5/h6,8-12,14H,7H2,1-5H3/t12-,14+,17-/m1/s1. The number of ether oxygens (including phenoxy) is 1. The van der Waals surface area contributed by atoms with Crippen molar-refractivity contribution in [2.24, 2.45) is 23.2 Å². The van der Waals surface area contributed by atoms with E-state index in [9.17, 15) is 4.79 Å². The summed E-state index contributed by atoms with van der Waals surface area (Å²) in [5.74, 6) is 1.92. The predicted molar refractivity (Wildman–Crippen MR) is 77.3 cm³/mol. The molecule has 3 atom stereocenters. The highest BCUT2D eigenvalue weighted by Gasteiger charge is 2.44. The first kappa shape index (κ1) is 14.1. The largest absolute Gasteiger partial charge is 0.427 e. The van der Waals surface area contributed by atoms with Crippen molar-refractivity contribution in [2.75, 3.05) is 0 Å².